The average molecular weight is 356 g/mol. The highest BCUT2D eigenvalue weighted by Gasteiger charge is 2.49. The molecule has 0 amide bonds. The monoisotopic (exact) mass is 356 g/mol. The molecule has 24 heavy (non-hydrogen) atoms. The Kier molecular flexibility index (Phi) is 7.15. The number of ketones is 1. The fourth-order valence-corrected chi connectivity index (χ4v) is 2.19. The van der Waals surface area contributed by atoms with E-state index in [2.05, 4.69) is 0 Å². The molecule has 1 saturated heterocycles. The highest BCUT2D eigenvalue weighted by molar-refractivity contribution is 5.88. The Morgan fingerprint density at radius 2 is 1.38 bits per heavy atom. The summed E-state index contributed by atoms with van der Waals surface area (Å²) in [7, 11) is 0. The lowest BCUT2D eigenvalue weighted by Gasteiger charge is -2.40. The zero-order chi connectivity index (χ0) is 18.8. The van der Waals surface area contributed by atoms with Crippen molar-refractivity contribution in [2.45, 2.75) is 54.9 Å². The van der Waals surface area contributed by atoms with Gasteiger partial charge < -0.3 is 50.7 Å². The molecule has 9 atom stereocenters. The SMILES string of the molecule is O=C(O)[C@@H](O)[C@@H](O)[C@H](O)[C@@H](O)C(=O)C1O[C@H](CO)[C@@H](O)[C@H](O)[C@@H]1O. The number of hydrogen-bond donors (Lipinski definition) is 9. The number of carboxylic acid groups (broad SMARTS) is 1. The normalized spacial score (nSPS) is 35.8. The molecule has 1 rings (SSSR count). The third-order valence-corrected chi connectivity index (χ3v) is 3.71. The molecule has 1 aliphatic heterocycles. The number of Topliss-reactive ketones (excluding diaryl/α,β-unsaturated/α-hetero) is 1. The molecule has 0 saturated carbocycles. The molecule has 0 radical (unpaired) electrons. The van der Waals surface area contributed by atoms with Gasteiger partial charge in [-0.25, -0.2) is 4.79 Å². The van der Waals surface area contributed by atoms with Gasteiger partial charge in [0.15, 0.2) is 11.9 Å². The lowest BCUT2D eigenvalue weighted by Crippen LogP contribution is -2.63. The van der Waals surface area contributed by atoms with Crippen molar-refractivity contribution in [1.82, 2.24) is 0 Å². The van der Waals surface area contributed by atoms with E-state index in [9.17, 15) is 40.2 Å². The number of rotatable bonds is 7. The summed E-state index contributed by atoms with van der Waals surface area (Å²) in [6.45, 7) is -0.840. The van der Waals surface area contributed by atoms with E-state index in [1.54, 1.807) is 0 Å². The first-order valence-corrected chi connectivity index (χ1v) is 6.83. The van der Waals surface area contributed by atoms with Crippen molar-refractivity contribution in [2.24, 2.45) is 0 Å². The van der Waals surface area contributed by atoms with E-state index in [1.807, 2.05) is 0 Å². The van der Waals surface area contributed by atoms with E-state index in [1.165, 1.54) is 0 Å². The van der Waals surface area contributed by atoms with E-state index in [0.29, 0.717) is 0 Å². The van der Waals surface area contributed by atoms with Crippen molar-refractivity contribution in [3.05, 3.63) is 0 Å². The molecule has 9 N–H and O–H groups in total. The Hall–Kier alpha value is -1.22. The highest BCUT2D eigenvalue weighted by atomic mass is 16.5. The largest absolute Gasteiger partial charge is 0.479 e. The number of aliphatic hydroxyl groups is 8. The Bertz CT molecular complexity index is 453. The zero-order valence-electron chi connectivity index (χ0n) is 12.2. The van der Waals surface area contributed by atoms with Gasteiger partial charge in [-0.3, -0.25) is 4.79 Å². The fraction of sp³-hybridized carbons (Fsp3) is 0.833. The van der Waals surface area contributed by atoms with Crippen LogP contribution in [0.3, 0.4) is 0 Å². The number of carboxylic acids is 1. The van der Waals surface area contributed by atoms with Crippen LogP contribution in [-0.2, 0) is 14.3 Å². The molecule has 1 unspecified atom stereocenters. The summed E-state index contributed by atoms with van der Waals surface area (Å²) < 4.78 is 4.86. The summed E-state index contributed by atoms with van der Waals surface area (Å²) in [6, 6.07) is 0. The van der Waals surface area contributed by atoms with Crippen molar-refractivity contribution in [3.63, 3.8) is 0 Å². The molecule has 1 fully saturated rings. The van der Waals surface area contributed by atoms with Crippen LogP contribution >= 0.6 is 0 Å². The molecule has 0 aromatic carbocycles. The molecule has 12 nitrogen and oxygen atoms in total. The van der Waals surface area contributed by atoms with Gasteiger partial charge in [-0.05, 0) is 0 Å². The topological polar surface area (TPSA) is 225 Å². The Morgan fingerprint density at radius 1 is 0.875 bits per heavy atom. The van der Waals surface area contributed by atoms with Crippen LogP contribution in [0.5, 0.6) is 0 Å². The zero-order valence-corrected chi connectivity index (χ0v) is 12.2. The number of ether oxygens (including phenoxy) is 1. The predicted octanol–water partition coefficient (Wildman–Crippen LogP) is -6.07. The van der Waals surface area contributed by atoms with Crippen molar-refractivity contribution >= 4 is 11.8 Å². The highest BCUT2D eigenvalue weighted by Crippen LogP contribution is 2.23. The third kappa shape index (κ3) is 4.05. The molecule has 0 aliphatic carbocycles. The molecule has 1 aliphatic rings. The smallest absolute Gasteiger partial charge is 0.335 e. The van der Waals surface area contributed by atoms with Crippen LogP contribution in [0.4, 0.5) is 0 Å². The Balaban J connectivity index is 2.89. The Morgan fingerprint density at radius 3 is 1.83 bits per heavy atom. The van der Waals surface area contributed by atoms with Gasteiger partial charge >= 0.3 is 5.97 Å². The van der Waals surface area contributed by atoms with Gasteiger partial charge in [0.1, 0.15) is 48.8 Å². The minimum atomic E-state index is -2.50. The van der Waals surface area contributed by atoms with Crippen molar-refractivity contribution in [3.8, 4) is 0 Å². The first-order valence-electron chi connectivity index (χ1n) is 6.83. The molecule has 0 spiro atoms. The van der Waals surface area contributed by atoms with Gasteiger partial charge in [-0.1, -0.05) is 0 Å². The number of aliphatic carboxylic acids is 1. The van der Waals surface area contributed by atoms with E-state index in [0.717, 1.165) is 0 Å². The molecule has 12 heteroatoms. The molecular formula is C12H20O12. The van der Waals surface area contributed by atoms with Crippen molar-refractivity contribution in [2.75, 3.05) is 6.61 Å². The molecular weight excluding hydrogens is 336 g/mol. The number of aliphatic hydroxyl groups excluding tert-OH is 8. The molecule has 0 aromatic heterocycles. The van der Waals surface area contributed by atoms with Gasteiger partial charge in [-0.2, -0.15) is 0 Å². The van der Waals surface area contributed by atoms with Gasteiger partial charge in [0.25, 0.3) is 0 Å². The fourth-order valence-electron chi connectivity index (χ4n) is 2.19. The third-order valence-electron chi connectivity index (χ3n) is 3.71. The molecule has 1 heterocycles. The Labute approximate surface area is 134 Å². The van der Waals surface area contributed by atoms with Crippen LogP contribution in [0, 0.1) is 0 Å². The second kappa shape index (κ2) is 8.24. The second-order valence-electron chi connectivity index (χ2n) is 5.36. The summed E-state index contributed by atoms with van der Waals surface area (Å²) >= 11 is 0. The standard InChI is InChI=1S/C12H20O12/c13-1-2-3(14)4(15)8(19)11(24-2)9(20)6(17)5(16)7(18)10(21)12(22)23/h2-8,10-11,13-19,21H,1H2,(H,22,23)/t2-,3-,4+,5-,6-,7+,8+,10+,11?/m1/s1. The van der Waals surface area contributed by atoms with E-state index in [4.69, 9.17) is 20.1 Å². The minimum absolute atomic E-state index is 0.840. The van der Waals surface area contributed by atoms with E-state index in [-0.39, 0.29) is 0 Å². The summed E-state index contributed by atoms with van der Waals surface area (Å²) in [5.41, 5.74) is 0. The summed E-state index contributed by atoms with van der Waals surface area (Å²) in [4.78, 5) is 22.6. The minimum Gasteiger partial charge on any atom is -0.479 e. The van der Waals surface area contributed by atoms with Crippen LogP contribution in [-0.4, -0.2) is 119 Å². The molecule has 140 valence electrons. The average Bonchev–Trinajstić information content (AvgIpc) is 2.56. The van der Waals surface area contributed by atoms with Gasteiger partial charge in [-0.15, -0.1) is 0 Å². The van der Waals surface area contributed by atoms with E-state index < -0.39 is 73.3 Å². The predicted molar refractivity (Wildman–Crippen MR) is 70.4 cm³/mol. The number of carbonyl (C=O) groups is 2. The molecule has 0 bridgehead atoms. The lowest BCUT2D eigenvalue weighted by atomic mass is 9.89. The summed E-state index contributed by atoms with van der Waals surface area (Å²) in [6.07, 6.45) is -19.0. The van der Waals surface area contributed by atoms with Gasteiger partial charge in [0, 0.05) is 0 Å². The molecule has 0 aromatic rings. The van der Waals surface area contributed by atoms with Crippen LogP contribution in [0.25, 0.3) is 0 Å². The lowest BCUT2D eigenvalue weighted by molar-refractivity contribution is -0.231. The van der Waals surface area contributed by atoms with Crippen LogP contribution in [0.1, 0.15) is 0 Å². The van der Waals surface area contributed by atoms with Gasteiger partial charge in [0.2, 0.25) is 0 Å². The van der Waals surface area contributed by atoms with E-state index >= 15 is 0 Å². The second-order valence-corrected chi connectivity index (χ2v) is 5.36. The number of hydrogen-bond acceptors (Lipinski definition) is 11. The summed E-state index contributed by atoms with van der Waals surface area (Å²) in [5.74, 6) is -3.38. The summed E-state index contributed by atoms with van der Waals surface area (Å²) in [5, 5.41) is 84.1. The number of carbonyl (C=O) groups excluding carboxylic acids is 1. The first kappa shape index (κ1) is 20.8. The van der Waals surface area contributed by atoms with Crippen molar-refractivity contribution < 1.29 is 60.3 Å². The van der Waals surface area contributed by atoms with Crippen molar-refractivity contribution in [1.29, 1.82) is 0 Å². The quantitative estimate of drug-likeness (QED) is 0.208. The van der Waals surface area contributed by atoms with Crippen LogP contribution in [0.15, 0.2) is 0 Å². The van der Waals surface area contributed by atoms with Gasteiger partial charge in [0.05, 0.1) is 6.61 Å². The maximum Gasteiger partial charge on any atom is 0.335 e. The first-order chi connectivity index (χ1) is 11.0. The van der Waals surface area contributed by atoms with Crippen LogP contribution < -0.4 is 0 Å². The van der Waals surface area contributed by atoms with Crippen LogP contribution in [0.2, 0.25) is 0 Å². The maximum atomic E-state index is 12.1. The maximum absolute atomic E-state index is 12.1.